The Labute approximate surface area is 238 Å². The first kappa shape index (κ1) is 29.1. The number of nitrogens with zero attached hydrogens (tertiary/aromatic N) is 1. The lowest BCUT2D eigenvalue weighted by Gasteiger charge is -2.17. The van der Waals surface area contributed by atoms with Gasteiger partial charge in [0.05, 0.1) is 25.2 Å². The van der Waals surface area contributed by atoms with Gasteiger partial charge in [-0.05, 0) is 79.2 Å². The fourth-order valence-corrected chi connectivity index (χ4v) is 4.12. The Morgan fingerprint density at radius 2 is 1.51 bits per heavy atom. The first-order chi connectivity index (χ1) is 19.9. The van der Waals surface area contributed by atoms with Gasteiger partial charge < -0.3 is 29.2 Å². The summed E-state index contributed by atoms with van der Waals surface area (Å²) in [6.45, 7) is 2.01. The highest BCUT2D eigenvalue weighted by Gasteiger charge is 2.36. The van der Waals surface area contributed by atoms with Crippen molar-refractivity contribution >= 4 is 35.1 Å². The van der Waals surface area contributed by atoms with E-state index in [0.717, 1.165) is 18.6 Å². The average molecular weight is 561 g/mol. The first-order valence-electron chi connectivity index (χ1n) is 13.3. The highest BCUT2D eigenvalue weighted by molar-refractivity contribution is 6.00. The van der Waals surface area contributed by atoms with Gasteiger partial charge in [-0.25, -0.2) is 4.79 Å². The molecule has 2 amide bonds. The van der Waals surface area contributed by atoms with Crippen LogP contribution >= 0.6 is 0 Å². The predicted octanol–water partition coefficient (Wildman–Crippen LogP) is 4.98. The van der Waals surface area contributed by atoms with Crippen LogP contribution in [0.3, 0.4) is 0 Å². The van der Waals surface area contributed by atoms with Crippen LogP contribution in [0.2, 0.25) is 0 Å². The molecule has 1 fully saturated rings. The van der Waals surface area contributed by atoms with Crippen molar-refractivity contribution in [3.8, 4) is 17.2 Å². The third-order valence-electron chi connectivity index (χ3n) is 6.38. The van der Waals surface area contributed by atoms with Crippen molar-refractivity contribution < 1.29 is 38.1 Å². The van der Waals surface area contributed by atoms with Crippen molar-refractivity contribution in [2.45, 2.75) is 26.2 Å². The minimum Gasteiger partial charge on any atom is -0.497 e. The molecule has 1 N–H and O–H groups in total. The number of carbonyl (C=O) groups excluding carboxylic acids is 4. The number of hydrogen-bond acceptors (Lipinski definition) is 8. The van der Waals surface area contributed by atoms with Gasteiger partial charge in [-0.1, -0.05) is 13.3 Å². The zero-order chi connectivity index (χ0) is 29.2. The third kappa shape index (κ3) is 8.07. The molecule has 0 radical (unpaired) electrons. The van der Waals surface area contributed by atoms with E-state index in [2.05, 4.69) is 5.32 Å². The van der Waals surface area contributed by atoms with Crippen LogP contribution in [-0.2, 0) is 23.9 Å². The lowest BCUT2D eigenvalue weighted by atomic mass is 10.1. The minimum absolute atomic E-state index is 0.0135. The molecule has 1 aliphatic rings. The molecule has 214 valence electrons. The number of rotatable bonds is 12. The van der Waals surface area contributed by atoms with Gasteiger partial charge in [0.15, 0.2) is 6.61 Å². The summed E-state index contributed by atoms with van der Waals surface area (Å²) in [5.74, 6) is -0.538. The summed E-state index contributed by atoms with van der Waals surface area (Å²) in [7, 11) is 1.59. The van der Waals surface area contributed by atoms with E-state index < -0.39 is 30.4 Å². The molecule has 0 bridgehead atoms. The topological polar surface area (TPSA) is 120 Å². The number of nitrogens with one attached hydrogen (secondary N) is 1. The molecule has 10 nitrogen and oxygen atoms in total. The van der Waals surface area contributed by atoms with Gasteiger partial charge in [-0.3, -0.25) is 14.4 Å². The predicted molar refractivity (Wildman–Crippen MR) is 151 cm³/mol. The normalized spacial score (nSPS) is 14.3. The molecular formula is C31H32N2O8. The monoisotopic (exact) mass is 560 g/mol. The van der Waals surface area contributed by atoms with Crippen molar-refractivity contribution in [2.24, 2.45) is 5.92 Å². The summed E-state index contributed by atoms with van der Waals surface area (Å²) in [5, 5.41) is 2.61. The van der Waals surface area contributed by atoms with Gasteiger partial charge >= 0.3 is 11.9 Å². The van der Waals surface area contributed by atoms with Crippen molar-refractivity contribution in [3.63, 3.8) is 0 Å². The third-order valence-corrected chi connectivity index (χ3v) is 6.38. The molecule has 0 aromatic heterocycles. The van der Waals surface area contributed by atoms with E-state index in [4.69, 9.17) is 18.9 Å². The van der Waals surface area contributed by atoms with Crippen LogP contribution in [0.1, 0.15) is 36.5 Å². The fraction of sp³-hybridized carbons (Fsp3) is 0.290. The zero-order valence-electron chi connectivity index (χ0n) is 23.0. The molecule has 4 rings (SSSR count). The number of amides is 2. The van der Waals surface area contributed by atoms with Gasteiger partial charge in [0, 0.05) is 24.3 Å². The van der Waals surface area contributed by atoms with E-state index in [9.17, 15) is 19.2 Å². The summed E-state index contributed by atoms with van der Waals surface area (Å²) in [5.41, 5.74) is 1.45. The highest BCUT2D eigenvalue weighted by atomic mass is 16.5. The Hall–Kier alpha value is -4.86. The van der Waals surface area contributed by atoms with Crippen LogP contribution < -0.4 is 19.7 Å². The Kier molecular flexibility index (Phi) is 9.93. The molecule has 0 aliphatic carbocycles. The second-order valence-corrected chi connectivity index (χ2v) is 9.40. The van der Waals surface area contributed by atoms with Crippen molar-refractivity contribution in [2.75, 3.05) is 37.1 Å². The van der Waals surface area contributed by atoms with Crippen LogP contribution in [0, 0.1) is 5.92 Å². The number of methoxy groups -OCH3 is 1. The molecule has 3 aromatic carbocycles. The summed E-state index contributed by atoms with van der Waals surface area (Å²) in [6, 6.07) is 20.4. The summed E-state index contributed by atoms with van der Waals surface area (Å²) in [4.78, 5) is 51.0. The van der Waals surface area contributed by atoms with Gasteiger partial charge in [0.25, 0.3) is 5.91 Å². The number of anilines is 2. The van der Waals surface area contributed by atoms with Gasteiger partial charge in [-0.2, -0.15) is 0 Å². The van der Waals surface area contributed by atoms with Crippen molar-refractivity contribution in [1.82, 2.24) is 0 Å². The Morgan fingerprint density at radius 3 is 2.15 bits per heavy atom. The van der Waals surface area contributed by atoms with Gasteiger partial charge in [0.2, 0.25) is 5.91 Å². The van der Waals surface area contributed by atoms with Crippen LogP contribution in [0.4, 0.5) is 11.4 Å². The van der Waals surface area contributed by atoms with Crippen LogP contribution in [-0.4, -0.2) is 50.6 Å². The van der Waals surface area contributed by atoms with E-state index in [1.165, 1.54) is 4.90 Å². The minimum atomic E-state index is -0.691. The summed E-state index contributed by atoms with van der Waals surface area (Å²) in [6.07, 6.45) is 1.70. The largest absolute Gasteiger partial charge is 0.497 e. The number of ether oxygens (including phenoxy) is 4. The number of carbonyl (C=O) groups is 4. The zero-order valence-corrected chi connectivity index (χ0v) is 23.0. The molecule has 1 atom stereocenters. The molecule has 1 aliphatic heterocycles. The lowest BCUT2D eigenvalue weighted by molar-refractivity contribution is -0.151. The molecule has 0 spiro atoms. The van der Waals surface area contributed by atoms with Gasteiger partial charge in [-0.15, -0.1) is 0 Å². The summed E-state index contributed by atoms with van der Waals surface area (Å²) < 4.78 is 21.3. The molecule has 0 saturated carbocycles. The fourth-order valence-electron chi connectivity index (χ4n) is 4.12. The second kappa shape index (κ2) is 14.0. The lowest BCUT2D eigenvalue weighted by Crippen LogP contribution is -2.28. The summed E-state index contributed by atoms with van der Waals surface area (Å²) >= 11 is 0. The maximum Gasteiger partial charge on any atom is 0.338 e. The highest BCUT2D eigenvalue weighted by Crippen LogP contribution is 2.29. The SMILES string of the molecule is CCCCOC(=O)c1ccc(NC(=O)COC(=O)[C@H]2CC(=O)N(c3ccc(Oc4ccc(OC)cc4)cc3)C2)cc1. The number of benzene rings is 3. The molecule has 3 aromatic rings. The molecule has 0 unspecified atom stereocenters. The Morgan fingerprint density at radius 1 is 0.878 bits per heavy atom. The molecule has 41 heavy (non-hydrogen) atoms. The average Bonchev–Trinajstić information content (AvgIpc) is 3.38. The molecule has 1 heterocycles. The smallest absolute Gasteiger partial charge is 0.338 e. The number of hydrogen-bond donors (Lipinski definition) is 1. The standard InChI is InChI=1S/C31H32N2O8/c1-3-4-17-39-30(36)21-5-7-23(8-6-21)32-28(34)20-40-31(37)22-18-29(35)33(19-22)24-9-11-26(12-10-24)41-27-15-13-25(38-2)14-16-27/h5-16,22H,3-4,17-20H2,1-2H3,(H,32,34)/t22-/m0/s1. The van der Waals surface area contributed by atoms with Crippen molar-refractivity contribution in [1.29, 1.82) is 0 Å². The van der Waals surface area contributed by atoms with E-state index in [-0.39, 0.29) is 18.9 Å². The van der Waals surface area contributed by atoms with E-state index >= 15 is 0 Å². The molecule has 1 saturated heterocycles. The maximum absolute atomic E-state index is 12.6. The number of esters is 2. The van der Waals surface area contributed by atoms with Crippen LogP contribution in [0.25, 0.3) is 0 Å². The Balaban J connectivity index is 1.23. The number of unbranched alkanes of at least 4 members (excludes halogenated alkanes) is 1. The van der Waals surface area contributed by atoms with E-state index in [1.807, 2.05) is 6.92 Å². The molecular weight excluding hydrogens is 528 g/mol. The van der Waals surface area contributed by atoms with Crippen LogP contribution in [0.5, 0.6) is 17.2 Å². The Bertz CT molecular complexity index is 1350. The first-order valence-corrected chi connectivity index (χ1v) is 13.3. The van der Waals surface area contributed by atoms with E-state index in [1.54, 1.807) is 79.9 Å². The van der Waals surface area contributed by atoms with Crippen molar-refractivity contribution in [3.05, 3.63) is 78.4 Å². The van der Waals surface area contributed by atoms with E-state index in [0.29, 0.717) is 35.0 Å². The quantitative estimate of drug-likeness (QED) is 0.243. The van der Waals surface area contributed by atoms with Crippen LogP contribution in [0.15, 0.2) is 72.8 Å². The van der Waals surface area contributed by atoms with Gasteiger partial charge in [0.1, 0.15) is 17.2 Å². The maximum atomic E-state index is 12.6. The molecule has 10 heteroatoms. The second-order valence-electron chi connectivity index (χ2n) is 9.40.